The predicted molar refractivity (Wildman–Crippen MR) is 101 cm³/mol. The number of aliphatic hydroxyl groups is 2. The van der Waals surface area contributed by atoms with Gasteiger partial charge in [-0.1, -0.05) is 0 Å². The van der Waals surface area contributed by atoms with Gasteiger partial charge in [0.05, 0.1) is 0 Å². The summed E-state index contributed by atoms with van der Waals surface area (Å²) in [6, 6.07) is 7.97. The van der Waals surface area contributed by atoms with Crippen LogP contribution in [0.3, 0.4) is 0 Å². The molecular weight excluding hydrogens is 450 g/mol. The fourth-order valence-corrected chi connectivity index (χ4v) is 5.45. The van der Waals surface area contributed by atoms with E-state index in [0.717, 1.165) is 33.5 Å². The molecule has 2 heterocycles. The summed E-state index contributed by atoms with van der Waals surface area (Å²) in [5.41, 5.74) is 4.81. The molecule has 0 amide bonds. The van der Waals surface area contributed by atoms with Crippen molar-refractivity contribution >= 4 is 48.6 Å². The summed E-state index contributed by atoms with van der Waals surface area (Å²) in [6.07, 6.45) is 0. The minimum atomic E-state index is -0.0360. The van der Waals surface area contributed by atoms with Crippen molar-refractivity contribution in [3.8, 4) is 5.75 Å². The molecule has 0 unspecified atom stereocenters. The standard InChI is InChI=1S/C9H9NO2Se.C9H9NOSe/c11-3-6-1-8-9(13-5-10-8)2-7(6)4-12;1-6-3-7-9(12-5-10-7)4-8(6)11-2/h1-2,5,11-12H,3-4H2;3-5H,1-2H3. The third-order valence-corrected chi connectivity index (χ3v) is 7.16. The first kappa shape index (κ1) is 18.3. The molecule has 2 N–H and O–H groups in total. The van der Waals surface area contributed by atoms with Crippen molar-refractivity contribution in [1.29, 1.82) is 0 Å². The Kier molecular flexibility index (Phi) is 6.07. The molecule has 0 atom stereocenters. The van der Waals surface area contributed by atoms with E-state index in [0.29, 0.717) is 29.0 Å². The number of nitrogens with zero attached hydrogens (tertiary/aromatic N) is 2. The number of aliphatic hydroxyl groups excluding tert-OH is 2. The Hall–Kier alpha value is -1.46. The first-order chi connectivity index (χ1) is 12.2. The fraction of sp³-hybridized carbons (Fsp3) is 0.222. The van der Waals surface area contributed by atoms with Crippen LogP contribution in [0.5, 0.6) is 5.75 Å². The average molecular weight is 468 g/mol. The first-order valence-electron chi connectivity index (χ1n) is 7.60. The molecule has 0 aliphatic rings. The van der Waals surface area contributed by atoms with Gasteiger partial charge in [0, 0.05) is 0 Å². The van der Waals surface area contributed by atoms with Gasteiger partial charge in [0.1, 0.15) is 0 Å². The predicted octanol–water partition coefficient (Wildman–Crippen LogP) is 1.89. The molecular formula is C18H18N2O3Se2. The van der Waals surface area contributed by atoms with Crippen molar-refractivity contribution in [3.63, 3.8) is 0 Å². The zero-order valence-corrected chi connectivity index (χ0v) is 17.3. The number of fused-ring (bicyclic) bond motifs is 2. The topological polar surface area (TPSA) is 75.5 Å². The Balaban J connectivity index is 0.000000146. The van der Waals surface area contributed by atoms with E-state index in [1.54, 1.807) is 7.11 Å². The molecule has 25 heavy (non-hydrogen) atoms. The van der Waals surface area contributed by atoms with Gasteiger partial charge in [0.15, 0.2) is 0 Å². The van der Waals surface area contributed by atoms with E-state index in [9.17, 15) is 0 Å². The third kappa shape index (κ3) is 4.04. The Bertz CT molecular complexity index is 956. The van der Waals surface area contributed by atoms with E-state index in [4.69, 9.17) is 14.9 Å². The molecule has 0 fully saturated rings. The summed E-state index contributed by atoms with van der Waals surface area (Å²) in [4.78, 5) is 8.48. The molecule has 4 aromatic rings. The van der Waals surface area contributed by atoms with Gasteiger partial charge in [-0.2, -0.15) is 0 Å². The minimum absolute atomic E-state index is 0.0146. The second-order valence-electron chi connectivity index (χ2n) is 5.40. The van der Waals surface area contributed by atoms with Crippen LogP contribution in [-0.2, 0) is 13.2 Å². The summed E-state index contributed by atoms with van der Waals surface area (Å²) >= 11 is 0.712. The van der Waals surface area contributed by atoms with Crippen LogP contribution in [0.4, 0.5) is 0 Å². The van der Waals surface area contributed by atoms with Gasteiger partial charge < -0.3 is 0 Å². The summed E-state index contributed by atoms with van der Waals surface area (Å²) < 4.78 is 7.74. The fourth-order valence-electron chi connectivity index (χ4n) is 2.49. The number of ether oxygens (including phenoxy) is 1. The molecule has 0 aliphatic heterocycles. The molecule has 0 spiro atoms. The van der Waals surface area contributed by atoms with E-state index in [2.05, 4.69) is 22.1 Å². The molecule has 0 bridgehead atoms. The Morgan fingerprint density at radius 1 is 0.880 bits per heavy atom. The number of hydrogen-bond acceptors (Lipinski definition) is 5. The molecule has 130 valence electrons. The van der Waals surface area contributed by atoms with E-state index in [1.165, 1.54) is 8.52 Å². The van der Waals surface area contributed by atoms with Gasteiger partial charge >= 0.3 is 158 Å². The summed E-state index contributed by atoms with van der Waals surface area (Å²) in [7, 11) is 1.71. The number of aryl methyl sites for hydroxylation is 1. The summed E-state index contributed by atoms with van der Waals surface area (Å²) in [5.74, 6) is 0.973. The quantitative estimate of drug-likeness (QED) is 0.450. The Labute approximate surface area is 157 Å². The molecule has 7 heteroatoms. The van der Waals surface area contributed by atoms with E-state index in [-0.39, 0.29) is 13.2 Å². The zero-order chi connectivity index (χ0) is 17.8. The number of hydrogen-bond donors (Lipinski definition) is 2. The van der Waals surface area contributed by atoms with Gasteiger partial charge in [-0.25, -0.2) is 0 Å². The monoisotopic (exact) mass is 470 g/mol. The van der Waals surface area contributed by atoms with E-state index >= 15 is 0 Å². The number of rotatable bonds is 3. The van der Waals surface area contributed by atoms with Gasteiger partial charge in [-0.15, -0.1) is 0 Å². The van der Waals surface area contributed by atoms with Gasteiger partial charge in [-0.05, 0) is 0 Å². The van der Waals surface area contributed by atoms with Crippen LogP contribution >= 0.6 is 0 Å². The normalized spacial score (nSPS) is 10.7. The van der Waals surface area contributed by atoms with Crippen LogP contribution in [0.2, 0.25) is 0 Å². The van der Waals surface area contributed by atoms with Crippen molar-refractivity contribution in [1.82, 2.24) is 9.97 Å². The van der Waals surface area contributed by atoms with Gasteiger partial charge in [0.2, 0.25) is 0 Å². The van der Waals surface area contributed by atoms with Gasteiger partial charge in [-0.3, -0.25) is 0 Å². The van der Waals surface area contributed by atoms with Gasteiger partial charge in [0.25, 0.3) is 0 Å². The number of methoxy groups -OCH3 is 1. The number of benzene rings is 2. The van der Waals surface area contributed by atoms with E-state index in [1.807, 2.05) is 29.2 Å². The SMILES string of the molecule is COc1cc2[se]cnc2cc1C.OCc1cc2nc[se]c2cc1CO. The maximum absolute atomic E-state index is 9.04. The van der Waals surface area contributed by atoms with Crippen molar-refractivity contribution in [2.24, 2.45) is 0 Å². The average Bonchev–Trinajstić information content (AvgIpc) is 3.28. The third-order valence-electron chi connectivity index (χ3n) is 3.84. The molecule has 0 radical (unpaired) electrons. The van der Waals surface area contributed by atoms with Crippen LogP contribution in [0.25, 0.3) is 19.6 Å². The van der Waals surface area contributed by atoms with E-state index < -0.39 is 0 Å². The second kappa shape index (κ2) is 8.28. The van der Waals surface area contributed by atoms with Crippen molar-refractivity contribution in [2.75, 3.05) is 7.11 Å². The van der Waals surface area contributed by atoms with Crippen molar-refractivity contribution < 1.29 is 14.9 Å². The van der Waals surface area contributed by atoms with Crippen LogP contribution < -0.4 is 4.74 Å². The molecule has 5 nitrogen and oxygen atoms in total. The maximum atomic E-state index is 9.04. The van der Waals surface area contributed by atoms with Crippen LogP contribution in [0, 0.1) is 6.92 Å². The summed E-state index contributed by atoms with van der Waals surface area (Å²) in [6.45, 7) is 1.99. The molecule has 2 aromatic carbocycles. The number of aromatic nitrogens is 2. The first-order valence-corrected chi connectivity index (χ1v) is 11.3. The Morgan fingerprint density at radius 2 is 1.44 bits per heavy atom. The van der Waals surface area contributed by atoms with Crippen LogP contribution in [0.15, 0.2) is 34.4 Å². The van der Waals surface area contributed by atoms with Crippen molar-refractivity contribution in [3.05, 3.63) is 51.1 Å². The second-order valence-corrected chi connectivity index (χ2v) is 9.12. The molecule has 4 rings (SSSR count). The van der Waals surface area contributed by atoms with Crippen LogP contribution in [0.1, 0.15) is 16.7 Å². The molecule has 0 aliphatic carbocycles. The van der Waals surface area contributed by atoms with Crippen LogP contribution in [-0.4, -0.2) is 56.3 Å². The molecule has 0 saturated heterocycles. The molecule has 0 saturated carbocycles. The zero-order valence-electron chi connectivity index (χ0n) is 13.9. The van der Waals surface area contributed by atoms with Crippen molar-refractivity contribution in [2.45, 2.75) is 20.1 Å². The Morgan fingerprint density at radius 3 is 2.04 bits per heavy atom. The summed E-state index contributed by atoms with van der Waals surface area (Å²) in [5, 5.41) is 22.0. The molecule has 2 aromatic heterocycles.